The number of pyridine rings is 1. The Morgan fingerprint density at radius 3 is 2.03 bits per heavy atom. The minimum atomic E-state index is -4.12. The first kappa shape index (κ1) is 45.7. The quantitative estimate of drug-likeness (QED) is 0.0579. The summed E-state index contributed by atoms with van der Waals surface area (Å²) in [6.07, 6.45) is 3.38. The van der Waals surface area contributed by atoms with Gasteiger partial charge in [-0.2, -0.15) is 0 Å². The fourth-order valence-corrected chi connectivity index (χ4v) is 9.58. The number of nitrogens with one attached hydrogen (secondary N) is 2. The van der Waals surface area contributed by atoms with Gasteiger partial charge in [0.05, 0.1) is 10.9 Å². The SMILES string of the molecule is Cc1cc(C)cc(C(c2cc(C)cc(C)c2)n2cccc(C(=O)N[C@@H](CCCN=C(N)NS(=O)(=O)c3c(C)c(C)c4c(c3C)CCC(C)(C)O4)C(=O)OC(C)(C)C)c2=O)c1. The van der Waals surface area contributed by atoms with Crippen LogP contribution in [0.3, 0.4) is 0 Å². The molecule has 4 N–H and O–H groups in total. The highest BCUT2D eigenvalue weighted by Gasteiger charge is 2.34. The molecule has 12 nitrogen and oxygen atoms in total. The van der Waals surface area contributed by atoms with Crippen molar-refractivity contribution in [1.82, 2.24) is 14.6 Å². The molecule has 0 saturated carbocycles. The molecule has 0 spiro atoms. The molecule has 0 unspecified atom stereocenters. The number of amides is 1. The lowest BCUT2D eigenvalue weighted by molar-refractivity contribution is -0.157. The highest BCUT2D eigenvalue weighted by molar-refractivity contribution is 7.90. The van der Waals surface area contributed by atoms with Crippen molar-refractivity contribution in [3.05, 3.63) is 126 Å². The largest absolute Gasteiger partial charge is 0.487 e. The van der Waals surface area contributed by atoms with Gasteiger partial charge in [-0.3, -0.25) is 14.6 Å². The number of hydrogen-bond donors (Lipinski definition) is 3. The third-order valence-corrected chi connectivity index (χ3v) is 12.3. The van der Waals surface area contributed by atoms with E-state index in [0.717, 1.165) is 56.7 Å². The number of aromatic nitrogens is 1. The zero-order valence-corrected chi connectivity index (χ0v) is 37.9. The normalized spacial score (nSPS) is 14.6. The van der Waals surface area contributed by atoms with Gasteiger partial charge >= 0.3 is 5.97 Å². The molecule has 1 atom stereocenters. The first-order valence-corrected chi connectivity index (χ1v) is 21.9. The van der Waals surface area contributed by atoms with Crippen LogP contribution in [0.25, 0.3) is 0 Å². The third-order valence-electron chi connectivity index (χ3n) is 10.7. The molecule has 0 aliphatic carbocycles. The number of guanidine groups is 1. The van der Waals surface area contributed by atoms with Gasteiger partial charge in [-0.1, -0.05) is 58.7 Å². The van der Waals surface area contributed by atoms with Gasteiger partial charge in [0.2, 0.25) is 5.96 Å². The van der Waals surface area contributed by atoms with Crippen molar-refractivity contribution in [1.29, 1.82) is 0 Å². The Morgan fingerprint density at radius 1 is 0.917 bits per heavy atom. The molecule has 0 bridgehead atoms. The first-order valence-electron chi connectivity index (χ1n) is 20.4. The number of hydrogen-bond acceptors (Lipinski definition) is 8. The van der Waals surface area contributed by atoms with Gasteiger partial charge in [0.25, 0.3) is 21.5 Å². The number of ether oxygens (including phenoxy) is 2. The van der Waals surface area contributed by atoms with Crippen LogP contribution in [0.5, 0.6) is 5.75 Å². The van der Waals surface area contributed by atoms with Crippen molar-refractivity contribution in [3.63, 3.8) is 0 Å². The van der Waals surface area contributed by atoms with Crippen LogP contribution in [0.2, 0.25) is 0 Å². The molecule has 4 aromatic rings. The summed E-state index contributed by atoms with van der Waals surface area (Å²) in [5.74, 6) is -1.01. The second-order valence-electron chi connectivity index (χ2n) is 17.8. The second kappa shape index (κ2) is 17.7. The molecule has 1 amide bonds. The van der Waals surface area contributed by atoms with Gasteiger partial charge in [-0.05, 0) is 154 Å². The minimum Gasteiger partial charge on any atom is -0.487 e. The van der Waals surface area contributed by atoms with Crippen molar-refractivity contribution in [2.45, 2.75) is 137 Å². The highest BCUT2D eigenvalue weighted by atomic mass is 32.2. The number of fused-ring (bicyclic) bond motifs is 1. The minimum absolute atomic E-state index is 0.0270. The molecular formula is C47H61N5O7S. The van der Waals surface area contributed by atoms with Crippen molar-refractivity contribution >= 4 is 27.9 Å². The molecule has 1 aliphatic rings. The molecule has 60 heavy (non-hydrogen) atoms. The number of aryl methyl sites for hydroxylation is 4. The summed E-state index contributed by atoms with van der Waals surface area (Å²) in [5.41, 5.74) is 13.0. The van der Waals surface area contributed by atoms with E-state index in [9.17, 15) is 22.8 Å². The Bertz CT molecular complexity index is 2420. The van der Waals surface area contributed by atoms with E-state index in [4.69, 9.17) is 15.2 Å². The van der Waals surface area contributed by atoms with Crippen LogP contribution in [0, 0.1) is 48.5 Å². The van der Waals surface area contributed by atoms with Crippen LogP contribution >= 0.6 is 0 Å². The third kappa shape index (κ3) is 10.7. The van der Waals surface area contributed by atoms with Crippen molar-refractivity contribution in [3.8, 4) is 5.75 Å². The second-order valence-corrected chi connectivity index (χ2v) is 19.4. The van der Waals surface area contributed by atoms with Crippen LogP contribution in [0.1, 0.15) is 126 Å². The summed E-state index contributed by atoms with van der Waals surface area (Å²) in [4.78, 5) is 46.2. The van der Waals surface area contributed by atoms with Crippen LogP contribution in [-0.4, -0.2) is 54.6 Å². The van der Waals surface area contributed by atoms with E-state index < -0.39 is 45.1 Å². The fourth-order valence-electron chi connectivity index (χ4n) is 8.06. The summed E-state index contributed by atoms with van der Waals surface area (Å²) in [7, 11) is -4.12. The predicted molar refractivity (Wildman–Crippen MR) is 237 cm³/mol. The van der Waals surface area contributed by atoms with Crippen LogP contribution < -0.4 is 26.1 Å². The number of carbonyl (C=O) groups excluding carboxylic acids is 2. The lowest BCUT2D eigenvalue weighted by Crippen LogP contribution is -2.46. The molecule has 2 heterocycles. The Labute approximate surface area is 355 Å². The Kier molecular flexibility index (Phi) is 13.4. The first-order chi connectivity index (χ1) is 27.9. The van der Waals surface area contributed by atoms with Crippen molar-refractivity contribution in [2.75, 3.05) is 6.54 Å². The average molecular weight is 840 g/mol. The lowest BCUT2D eigenvalue weighted by atomic mass is 9.88. The van der Waals surface area contributed by atoms with Gasteiger partial charge in [0, 0.05) is 12.7 Å². The van der Waals surface area contributed by atoms with E-state index >= 15 is 0 Å². The number of nitrogens with two attached hydrogens (primary N) is 1. The van der Waals surface area contributed by atoms with E-state index in [-0.39, 0.29) is 41.4 Å². The Balaban J connectivity index is 1.37. The zero-order valence-electron chi connectivity index (χ0n) is 37.1. The Hall–Kier alpha value is -5.43. The molecular weight excluding hydrogens is 779 g/mol. The number of nitrogens with zero attached hydrogens (tertiary/aromatic N) is 2. The molecule has 0 saturated heterocycles. The van der Waals surface area contributed by atoms with Gasteiger partial charge in [-0.15, -0.1) is 0 Å². The maximum absolute atomic E-state index is 14.3. The van der Waals surface area contributed by atoms with Crippen LogP contribution in [0.4, 0.5) is 0 Å². The van der Waals surface area contributed by atoms with Gasteiger partial charge < -0.3 is 25.1 Å². The molecule has 0 radical (unpaired) electrons. The number of sulfonamides is 1. The van der Waals surface area contributed by atoms with Crippen molar-refractivity contribution < 1.29 is 27.5 Å². The number of carbonyl (C=O) groups is 2. The van der Waals surface area contributed by atoms with Crippen LogP contribution in [-0.2, 0) is 26.0 Å². The topological polar surface area (TPSA) is 171 Å². The van der Waals surface area contributed by atoms with Gasteiger partial charge in [0.15, 0.2) is 0 Å². The van der Waals surface area contributed by atoms with Crippen LogP contribution in [0.15, 0.2) is 69.4 Å². The molecule has 322 valence electrons. The summed E-state index contributed by atoms with van der Waals surface area (Å²) >= 11 is 0. The van der Waals surface area contributed by atoms with Gasteiger partial charge in [-0.25, -0.2) is 17.9 Å². The summed E-state index contributed by atoms with van der Waals surface area (Å²) in [6.45, 7) is 22.6. The predicted octanol–water partition coefficient (Wildman–Crippen LogP) is 7.26. The lowest BCUT2D eigenvalue weighted by Gasteiger charge is -2.35. The zero-order chi connectivity index (χ0) is 44.5. The van der Waals surface area contributed by atoms with Crippen molar-refractivity contribution in [2.24, 2.45) is 10.7 Å². The molecule has 0 fully saturated rings. The van der Waals surface area contributed by atoms with E-state index in [1.165, 1.54) is 6.07 Å². The Morgan fingerprint density at radius 2 is 1.48 bits per heavy atom. The number of rotatable bonds is 12. The molecule has 3 aromatic carbocycles. The number of benzene rings is 3. The average Bonchev–Trinajstić information content (AvgIpc) is 3.10. The fraction of sp³-hybridized carbons (Fsp3) is 0.447. The smallest absolute Gasteiger partial charge is 0.329 e. The maximum Gasteiger partial charge on any atom is 0.329 e. The van der Waals surface area contributed by atoms with E-state index in [0.29, 0.717) is 17.5 Å². The molecule has 13 heteroatoms. The monoisotopic (exact) mass is 839 g/mol. The summed E-state index contributed by atoms with van der Waals surface area (Å²) in [6, 6.07) is 13.7. The highest BCUT2D eigenvalue weighted by Crippen LogP contribution is 2.42. The standard InChI is InChI=1S/C47H61N5O7S/c1-27-21-28(2)24-34(23-27)39(35-25-29(3)22-30(4)26-35)52-20-14-15-37(43(52)54)42(53)50-38(44(55)59-46(8,9)10)16-13-19-49-45(48)51-60(56,57)41-32(6)31(5)40-36(33(41)7)17-18-47(11,12)58-40/h14-15,20-26,38-39H,13,16-19H2,1-12H3,(H,50,53)(H3,48,49,51)/t38-/m0/s1. The number of esters is 1. The molecule has 1 aromatic heterocycles. The summed E-state index contributed by atoms with van der Waals surface area (Å²) in [5, 5.41) is 2.75. The van der Waals surface area contributed by atoms with E-state index in [2.05, 4.69) is 27.2 Å². The molecule has 5 rings (SSSR count). The maximum atomic E-state index is 14.3. The van der Waals surface area contributed by atoms with E-state index in [1.807, 2.05) is 72.7 Å². The molecule has 1 aliphatic heterocycles. The van der Waals surface area contributed by atoms with Gasteiger partial charge in [0.1, 0.15) is 28.6 Å². The van der Waals surface area contributed by atoms with E-state index in [1.54, 1.807) is 51.4 Å². The summed E-state index contributed by atoms with van der Waals surface area (Å²) < 4.78 is 43.4. The number of aliphatic imine (C=N–C) groups is 1.